The van der Waals surface area contributed by atoms with Crippen molar-refractivity contribution >= 4 is 26.9 Å². The SMILES string of the molecule is CS(=O)(=O)c1ccc(Oc2ccc3[nH]c(N)nc3n2)cc1. The first-order valence-electron chi connectivity index (χ1n) is 6.02. The lowest BCUT2D eigenvalue weighted by Gasteiger charge is -2.05. The third-order valence-electron chi connectivity index (χ3n) is 2.81. The van der Waals surface area contributed by atoms with Gasteiger partial charge in [-0.3, -0.25) is 0 Å². The highest BCUT2D eigenvalue weighted by Crippen LogP contribution is 2.23. The topological polar surface area (TPSA) is 111 Å². The van der Waals surface area contributed by atoms with Gasteiger partial charge in [0.2, 0.25) is 5.88 Å². The number of sulfone groups is 1. The average molecular weight is 304 g/mol. The Morgan fingerprint density at radius 1 is 1.10 bits per heavy atom. The van der Waals surface area contributed by atoms with E-state index in [1.807, 2.05) is 0 Å². The number of hydrogen-bond acceptors (Lipinski definition) is 6. The minimum atomic E-state index is -3.22. The Bertz CT molecular complexity index is 901. The second kappa shape index (κ2) is 4.74. The van der Waals surface area contributed by atoms with Gasteiger partial charge in [-0.05, 0) is 30.3 Å². The molecular weight excluding hydrogens is 292 g/mol. The number of aromatic nitrogens is 3. The number of fused-ring (bicyclic) bond motifs is 1. The van der Waals surface area contributed by atoms with E-state index in [1.54, 1.807) is 24.3 Å². The minimum Gasteiger partial charge on any atom is -0.439 e. The number of hydrogen-bond donors (Lipinski definition) is 2. The van der Waals surface area contributed by atoms with Crippen LogP contribution in [-0.4, -0.2) is 29.6 Å². The number of pyridine rings is 1. The van der Waals surface area contributed by atoms with Gasteiger partial charge in [0, 0.05) is 12.3 Å². The molecule has 3 N–H and O–H groups in total. The quantitative estimate of drug-likeness (QED) is 0.762. The summed E-state index contributed by atoms with van der Waals surface area (Å²) in [6.45, 7) is 0. The molecule has 0 spiro atoms. The molecule has 0 amide bonds. The Morgan fingerprint density at radius 3 is 2.48 bits per heavy atom. The van der Waals surface area contributed by atoms with E-state index >= 15 is 0 Å². The molecule has 21 heavy (non-hydrogen) atoms. The van der Waals surface area contributed by atoms with Gasteiger partial charge < -0.3 is 15.5 Å². The molecule has 0 aliphatic rings. The number of anilines is 1. The minimum absolute atomic E-state index is 0.235. The molecule has 2 heterocycles. The van der Waals surface area contributed by atoms with Gasteiger partial charge in [-0.1, -0.05) is 0 Å². The van der Waals surface area contributed by atoms with Crippen molar-refractivity contribution in [1.82, 2.24) is 15.0 Å². The second-order valence-electron chi connectivity index (χ2n) is 4.49. The number of nitrogens with zero attached hydrogens (tertiary/aromatic N) is 2. The molecule has 1 aromatic carbocycles. The van der Waals surface area contributed by atoms with Crippen LogP contribution >= 0.6 is 0 Å². The van der Waals surface area contributed by atoms with Crippen LogP contribution in [0.1, 0.15) is 0 Å². The van der Waals surface area contributed by atoms with Crippen LogP contribution in [0.25, 0.3) is 11.2 Å². The summed E-state index contributed by atoms with van der Waals surface area (Å²) in [5.41, 5.74) is 6.72. The van der Waals surface area contributed by atoms with Crippen LogP contribution in [0.15, 0.2) is 41.3 Å². The van der Waals surface area contributed by atoms with Crippen molar-refractivity contribution in [1.29, 1.82) is 0 Å². The maximum Gasteiger partial charge on any atom is 0.221 e. The van der Waals surface area contributed by atoms with Gasteiger partial charge in [0.1, 0.15) is 5.75 Å². The summed E-state index contributed by atoms with van der Waals surface area (Å²) in [4.78, 5) is 11.3. The number of rotatable bonds is 3. The summed E-state index contributed by atoms with van der Waals surface area (Å²) >= 11 is 0. The molecule has 0 bridgehead atoms. The predicted molar refractivity (Wildman–Crippen MR) is 77.9 cm³/mol. The Hall–Kier alpha value is -2.61. The van der Waals surface area contributed by atoms with E-state index in [2.05, 4.69) is 15.0 Å². The van der Waals surface area contributed by atoms with E-state index in [9.17, 15) is 8.42 Å². The lowest BCUT2D eigenvalue weighted by Crippen LogP contribution is -1.96. The second-order valence-corrected chi connectivity index (χ2v) is 6.50. The first-order valence-corrected chi connectivity index (χ1v) is 7.91. The van der Waals surface area contributed by atoms with Gasteiger partial charge in [0.15, 0.2) is 21.4 Å². The van der Waals surface area contributed by atoms with Crippen molar-refractivity contribution in [3.05, 3.63) is 36.4 Å². The summed E-state index contributed by atoms with van der Waals surface area (Å²) in [6, 6.07) is 9.53. The maximum absolute atomic E-state index is 11.4. The van der Waals surface area contributed by atoms with Gasteiger partial charge in [-0.25, -0.2) is 8.42 Å². The highest BCUT2D eigenvalue weighted by atomic mass is 32.2. The van der Waals surface area contributed by atoms with E-state index < -0.39 is 9.84 Å². The Labute approximate surface area is 120 Å². The number of ether oxygens (including phenoxy) is 1. The highest BCUT2D eigenvalue weighted by Gasteiger charge is 2.08. The molecule has 108 valence electrons. The number of aromatic amines is 1. The van der Waals surface area contributed by atoms with Crippen molar-refractivity contribution < 1.29 is 13.2 Å². The van der Waals surface area contributed by atoms with Crippen LogP contribution in [0.3, 0.4) is 0 Å². The average Bonchev–Trinajstić information content (AvgIpc) is 2.78. The summed E-state index contributed by atoms with van der Waals surface area (Å²) in [6.07, 6.45) is 1.15. The van der Waals surface area contributed by atoms with Crippen LogP contribution in [0.4, 0.5) is 5.95 Å². The molecule has 8 heteroatoms. The smallest absolute Gasteiger partial charge is 0.221 e. The van der Waals surface area contributed by atoms with Crippen LogP contribution < -0.4 is 10.5 Å². The predicted octanol–water partition coefficient (Wildman–Crippen LogP) is 1.74. The molecule has 7 nitrogen and oxygen atoms in total. The van der Waals surface area contributed by atoms with Gasteiger partial charge in [-0.15, -0.1) is 0 Å². The third-order valence-corrected chi connectivity index (χ3v) is 3.94. The Kier molecular flexibility index (Phi) is 3.02. The van der Waals surface area contributed by atoms with Crippen molar-refractivity contribution in [2.75, 3.05) is 12.0 Å². The maximum atomic E-state index is 11.4. The van der Waals surface area contributed by atoms with Crippen LogP contribution in [0, 0.1) is 0 Å². The fourth-order valence-electron chi connectivity index (χ4n) is 1.83. The highest BCUT2D eigenvalue weighted by molar-refractivity contribution is 7.90. The van der Waals surface area contributed by atoms with Crippen molar-refractivity contribution in [3.8, 4) is 11.6 Å². The first kappa shape index (κ1) is 13.4. The molecule has 0 aliphatic heterocycles. The molecule has 0 fully saturated rings. The number of nitrogens with one attached hydrogen (secondary N) is 1. The zero-order valence-corrected chi connectivity index (χ0v) is 11.9. The monoisotopic (exact) mass is 304 g/mol. The molecular formula is C13H12N4O3S. The van der Waals surface area contributed by atoms with Crippen molar-refractivity contribution in [3.63, 3.8) is 0 Å². The van der Waals surface area contributed by atoms with Crippen LogP contribution in [-0.2, 0) is 9.84 Å². The standard InChI is InChI=1S/C13H12N4O3S/c1-21(18,19)9-4-2-8(3-5-9)20-11-7-6-10-12(16-11)17-13(14)15-10/h2-7H,1H3,(H3,14,15,16,17). The van der Waals surface area contributed by atoms with E-state index in [0.29, 0.717) is 22.8 Å². The summed E-state index contributed by atoms with van der Waals surface area (Å²) in [5.74, 6) is 1.12. The van der Waals surface area contributed by atoms with E-state index in [-0.39, 0.29) is 10.8 Å². The van der Waals surface area contributed by atoms with Gasteiger partial charge in [-0.2, -0.15) is 9.97 Å². The van der Waals surface area contributed by atoms with Crippen molar-refractivity contribution in [2.24, 2.45) is 0 Å². The van der Waals surface area contributed by atoms with E-state index in [1.165, 1.54) is 12.1 Å². The molecule has 2 aromatic heterocycles. The largest absolute Gasteiger partial charge is 0.439 e. The Morgan fingerprint density at radius 2 is 1.81 bits per heavy atom. The molecule has 3 aromatic rings. The van der Waals surface area contributed by atoms with E-state index in [0.717, 1.165) is 6.26 Å². The number of benzene rings is 1. The number of imidazole rings is 1. The lowest BCUT2D eigenvalue weighted by molar-refractivity contribution is 0.464. The van der Waals surface area contributed by atoms with Crippen LogP contribution in [0.2, 0.25) is 0 Å². The van der Waals surface area contributed by atoms with Gasteiger partial charge >= 0.3 is 0 Å². The zero-order valence-electron chi connectivity index (χ0n) is 11.1. The van der Waals surface area contributed by atoms with Crippen molar-refractivity contribution in [2.45, 2.75) is 4.90 Å². The van der Waals surface area contributed by atoms with Gasteiger partial charge in [0.25, 0.3) is 0 Å². The fraction of sp³-hybridized carbons (Fsp3) is 0.0769. The van der Waals surface area contributed by atoms with Crippen LogP contribution in [0.5, 0.6) is 11.6 Å². The van der Waals surface area contributed by atoms with E-state index in [4.69, 9.17) is 10.5 Å². The summed E-state index contributed by atoms with van der Waals surface area (Å²) in [7, 11) is -3.22. The fourth-order valence-corrected chi connectivity index (χ4v) is 2.46. The zero-order chi connectivity index (χ0) is 15.0. The molecule has 0 saturated heterocycles. The summed E-state index contributed by atoms with van der Waals surface area (Å²) in [5, 5.41) is 0. The Balaban J connectivity index is 1.87. The number of nitrogen functional groups attached to an aromatic ring is 1. The normalized spacial score (nSPS) is 11.7. The molecule has 3 rings (SSSR count). The molecule has 0 radical (unpaired) electrons. The number of H-pyrrole nitrogens is 1. The number of nitrogens with two attached hydrogens (primary N) is 1. The molecule has 0 saturated carbocycles. The first-order chi connectivity index (χ1) is 9.91. The molecule has 0 aliphatic carbocycles. The lowest BCUT2D eigenvalue weighted by atomic mass is 10.3. The third kappa shape index (κ3) is 2.79. The molecule has 0 atom stereocenters. The van der Waals surface area contributed by atoms with Gasteiger partial charge in [0.05, 0.1) is 10.4 Å². The summed E-state index contributed by atoms with van der Waals surface area (Å²) < 4.78 is 28.3. The molecule has 0 unspecified atom stereocenters.